The molecule has 0 amide bonds. The Labute approximate surface area is 642 Å². The van der Waals surface area contributed by atoms with Crippen molar-refractivity contribution >= 4 is 46.2 Å². The van der Waals surface area contributed by atoms with Crippen LogP contribution in [0.4, 0.5) is 46.0 Å². The normalized spacial score (nSPS) is 17.0. The van der Waals surface area contributed by atoms with E-state index >= 15 is 17.6 Å². The Hall–Kier alpha value is -13.8. The fourth-order valence-corrected chi connectivity index (χ4v) is 18.9. The number of allylic oxidation sites excluding steroid dienone is 4. The predicted octanol–water partition coefficient (Wildman–Crippen LogP) is 26.9. The molecule has 111 heavy (non-hydrogen) atoms. The highest BCUT2D eigenvalue weighted by Gasteiger charge is 2.54. The zero-order valence-electron chi connectivity index (χ0n) is 60.2. The first-order valence-corrected chi connectivity index (χ1v) is 37.4. The minimum absolute atomic E-state index is 0.351. The first-order valence-electron chi connectivity index (χ1n) is 37.4. The summed E-state index contributed by atoms with van der Waals surface area (Å²) in [6, 6.07) is 113. The number of rotatable bonds is 16. The fraction of sp³-hybridized carbons (Fsp3) is 0.0485. The zero-order valence-corrected chi connectivity index (χ0v) is 60.2. The number of halogens is 4. The number of nitrogens with zero attached hydrogens (tertiary/aromatic N) is 2. The monoisotopic (exact) mass is 1440 g/mol. The largest absolute Gasteiger partial charge is 0.457 e. The van der Waals surface area contributed by atoms with Gasteiger partial charge in [0.2, 0.25) is 0 Å². The minimum atomic E-state index is -1.05. The summed E-state index contributed by atoms with van der Waals surface area (Å²) in [5, 5.41) is 0. The highest BCUT2D eigenvalue weighted by molar-refractivity contribution is 5.99. The molecule has 0 heterocycles. The van der Waals surface area contributed by atoms with Crippen molar-refractivity contribution < 1.29 is 27.0 Å². The summed E-state index contributed by atoms with van der Waals surface area (Å²) >= 11 is 0. The molecule has 0 saturated carbocycles. The number of anilines is 5. The summed E-state index contributed by atoms with van der Waals surface area (Å²) in [5.41, 5.74) is 23.5. The number of benzene rings is 15. The summed E-state index contributed by atoms with van der Waals surface area (Å²) in [7, 11) is 0. The van der Waals surface area contributed by atoms with E-state index in [1.165, 1.54) is 24.3 Å². The van der Waals surface area contributed by atoms with E-state index in [4.69, 9.17) is 9.47 Å². The molecular weight excluding hydrogens is 1370 g/mol. The molecule has 0 N–H and O–H groups in total. The van der Waals surface area contributed by atoms with Gasteiger partial charge in [0.25, 0.3) is 0 Å². The molecule has 4 nitrogen and oxygen atoms in total. The molecule has 3 unspecified atom stereocenters. The van der Waals surface area contributed by atoms with Crippen molar-refractivity contribution in [1.29, 1.82) is 0 Å². The van der Waals surface area contributed by atoms with Crippen LogP contribution in [0.15, 0.2) is 376 Å². The van der Waals surface area contributed by atoms with Crippen LogP contribution in [-0.4, -0.2) is 0 Å². The van der Waals surface area contributed by atoms with Crippen LogP contribution in [0.25, 0.3) is 51.1 Å². The molecular formula is C103H68F4N2O2. The third-order valence-corrected chi connectivity index (χ3v) is 23.4. The number of hydrogen-bond acceptors (Lipinski definition) is 4. The van der Waals surface area contributed by atoms with Crippen molar-refractivity contribution in [3.05, 3.63) is 477 Å². The van der Waals surface area contributed by atoms with Crippen LogP contribution in [0.5, 0.6) is 23.0 Å². The molecule has 0 bridgehead atoms. The lowest BCUT2D eigenvalue weighted by molar-refractivity contribution is 0.482. The van der Waals surface area contributed by atoms with Gasteiger partial charge >= 0.3 is 0 Å². The van der Waals surface area contributed by atoms with Crippen LogP contribution in [0.1, 0.15) is 90.7 Å². The highest BCUT2D eigenvalue weighted by atomic mass is 19.1. The molecule has 3 atom stereocenters. The summed E-state index contributed by atoms with van der Waals surface area (Å²) in [5.74, 6) is 1.15. The van der Waals surface area contributed by atoms with E-state index < -0.39 is 22.1 Å². The van der Waals surface area contributed by atoms with E-state index in [2.05, 4.69) is 193 Å². The van der Waals surface area contributed by atoms with Gasteiger partial charge in [-0.2, -0.15) is 0 Å². The summed E-state index contributed by atoms with van der Waals surface area (Å²) < 4.78 is 78.3. The Morgan fingerprint density at radius 2 is 0.613 bits per heavy atom. The van der Waals surface area contributed by atoms with Crippen LogP contribution < -0.4 is 19.3 Å². The maximum Gasteiger partial charge on any atom is 0.127 e. The van der Waals surface area contributed by atoms with Gasteiger partial charge in [-0.1, -0.05) is 226 Å². The summed E-state index contributed by atoms with van der Waals surface area (Å²) in [4.78, 5) is 4.37. The first-order chi connectivity index (χ1) is 54.5. The van der Waals surface area contributed by atoms with E-state index in [-0.39, 0.29) is 17.5 Å². The van der Waals surface area contributed by atoms with Crippen molar-refractivity contribution in [1.82, 2.24) is 0 Å². The fourth-order valence-electron chi connectivity index (χ4n) is 18.9. The lowest BCUT2D eigenvalue weighted by Gasteiger charge is -2.38. The van der Waals surface area contributed by atoms with Gasteiger partial charge in [0.05, 0.1) is 16.2 Å². The Morgan fingerprint density at radius 1 is 0.270 bits per heavy atom. The molecule has 5 aliphatic rings. The molecule has 0 aromatic heterocycles. The topological polar surface area (TPSA) is 24.9 Å². The maximum atomic E-state index is 16.4. The number of hydrogen-bond donors (Lipinski definition) is 0. The van der Waals surface area contributed by atoms with Crippen molar-refractivity contribution in [2.24, 2.45) is 0 Å². The molecule has 20 rings (SSSR count). The SMILES string of the molecule is C=Cc1ccc(Oc2ccc(C3(c4cccc(F)c4)C4=C(CCC(N(c5cccc(F)c5)c5ccc6c(c5)C5(c7ccccc7-6)c6ccccc6-c6ccc(N(c7cccc(F)c7)c7ccc8c(c7)C(c7ccc(Oc9ccc(C=C)cc9)cc7)(c7cccc(F)c7)c7ccccc7-8)cc65)=C4)c4ccccc43)cc2)cc1. The Bertz CT molecular complexity index is 6380. The second kappa shape index (κ2) is 26.3. The van der Waals surface area contributed by atoms with Crippen molar-refractivity contribution in [3.8, 4) is 56.4 Å². The Morgan fingerprint density at radius 3 is 1.05 bits per heavy atom. The molecule has 8 heteroatoms. The highest BCUT2D eigenvalue weighted by Crippen LogP contribution is 2.66. The van der Waals surface area contributed by atoms with Gasteiger partial charge in [0.15, 0.2) is 0 Å². The van der Waals surface area contributed by atoms with Gasteiger partial charge in [-0.15, -0.1) is 0 Å². The molecule has 5 aliphatic carbocycles. The zero-order chi connectivity index (χ0) is 74.7. The third kappa shape index (κ3) is 10.4. The molecule has 15 aromatic carbocycles. The van der Waals surface area contributed by atoms with Crippen molar-refractivity contribution in [2.75, 3.05) is 9.80 Å². The second-order valence-electron chi connectivity index (χ2n) is 29.1. The molecule has 0 saturated heterocycles. The van der Waals surface area contributed by atoms with E-state index in [1.807, 2.05) is 109 Å². The number of fused-ring (bicyclic) bond motifs is 15. The number of ether oxygens (including phenoxy) is 2. The maximum absolute atomic E-state index is 16.4. The third-order valence-electron chi connectivity index (χ3n) is 23.4. The Balaban J connectivity index is 0.761. The quantitative estimate of drug-likeness (QED) is 0.0900. The van der Waals surface area contributed by atoms with Gasteiger partial charge in [-0.05, 0) is 287 Å². The average molecular weight is 1440 g/mol. The van der Waals surface area contributed by atoms with E-state index in [1.54, 1.807) is 60.7 Å². The standard InChI is InChI=1S/C103H68F4N2O2/c1-3-65-33-45-81(46-34-65)110-83-49-37-67(38-50-83)101(69-17-13-19-71(104)57-69)93-29-9-5-25-85(93)89-53-41-77(61-97(89)101)108(75-23-15-21-73(106)59-75)79-43-55-91-87-27-7-11-31-95(87)103(99(91)63-79)96-32-12-8-28-88(96)92-56-44-80(64-100(92)103)109(76-24-16-22-74(107)60-76)78-42-54-90-86-26-6-10-30-94(86)102(98(90)62-78,70-18-14-20-72(105)58-70)68-39-51-84(52-40-68)111-82-47-35-66(4-2)36-48-82/h3-41,43-53,55-64H,1-2,42,54H2. The smallest absolute Gasteiger partial charge is 0.127 e. The van der Waals surface area contributed by atoms with Gasteiger partial charge in [0, 0.05) is 34.1 Å². The van der Waals surface area contributed by atoms with Crippen LogP contribution in [0.2, 0.25) is 0 Å². The van der Waals surface area contributed by atoms with Gasteiger partial charge in [-0.3, -0.25) is 0 Å². The molecule has 0 fully saturated rings. The lowest BCUT2D eigenvalue weighted by atomic mass is 9.66. The van der Waals surface area contributed by atoms with Crippen molar-refractivity contribution in [3.63, 3.8) is 0 Å². The van der Waals surface area contributed by atoms with Crippen LogP contribution in [-0.2, 0) is 16.2 Å². The van der Waals surface area contributed by atoms with Crippen molar-refractivity contribution in [2.45, 2.75) is 29.1 Å². The van der Waals surface area contributed by atoms with Crippen LogP contribution in [0.3, 0.4) is 0 Å². The van der Waals surface area contributed by atoms with Crippen LogP contribution >= 0.6 is 0 Å². The molecule has 1 spiro atoms. The van der Waals surface area contributed by atoms with Crippen LogP contribution in [0, 0.1) is 23.3 Å². The first kappa shape index (κ1) is 66.6. The van der Waals surface area contributed by atoms with Gasteiger partial charge in [0.1, 0.15) is 46.3 Å². The molecule has 15 aromatic rings. The summed E-state index contributed by atoms with van der Waals surface area (Å²) in [6.45, 7) is 7.84. The van der Waals surface area contributed by atoms with E-state index in [9.17, 15) is 0 Å². The molecule has 530 valence electrons. The van der Waals surface area contributed by atoms with Gasteiger partial charge in [-0.25, -0.2) is 17.6 Å². The predicted molar refractivity (Wildman–Crippen MR) is 440 cm³/mol. The average Bonchev–Trinajstić information content (AvgIpc) is 0.922. The molecule has 0 radical (unpaired) electrons. The lowest BCUT2D eigenvalue weighted by Crippen LogP contribution is -2.31. The summed E-state index contributed by atoms with van der Waals surface area (Å²) in [6.07, 6.45) is 7.11. The minimum Gasteiger partial charge on any atom is -0.457 e. The molecule has 0 aliphatic heterocycles. The van der Waals surface area contributed by atoms with E-state index in [0.717, 1.165) is 145 Å². The Kier molecular flexibility index (Phi) is 15.8. The van der Waals surface area contributed by atoms with Gasteiger partial charge < -0.3 is 19.3 Å². The second-order valence-corrected chi connectivity index (χ2v) is 29.1. The van der Waals surface area contributed by atoms with E-state index in [0.29, 0.717) is 47.2 Å².